The number of rotatable bonds is 9. The van der Waals surface area contributed by atoms with E-state index in [9.17, 15) is 8.42 Å². The van der Waals surface area contributed by atoms with E-state index in [-0.39, 0.29) is 6.04 Å². The number of nitrogens with one attached hydrogen (secondary N) is 2. The zero-order chi connectivity index (χ0) is 15.2. The lowest BCUT2D eigenvalue weighted by molar-refractivity contribution is 0.180. The molecule has 1 unspecified atom stereocenters. The first kappa shape index (κ1) is 17.2. The predicted octanol–water partition coefficient (Wildman–Crippen LogP) is 0.931. The van der Waals surface area contributed by atoms with Crippen LogP contribution in [-0.4, -0.2) is 39.8 Å². The first-order valence-electron chi connectivity index (χ1n) is 6.79. The van der Waals surface area contributed by atoms with Gasteiger partial charge in [-0.1, -0.05) is 6.92 Å². The zero-order valence-electron chi connectivity index (χ0n) is 12.6. The molecule has 0 amide bonds. The van der Waals surface area contributed by atoms with Gasteiger partial charge in [0.15, 0.2) is 0 Å². The van der Waals surface area contributed by atoms with Crippen LogP contribution in [0.25, 0.3) is 0 Å². The molecule has 0 saturated carbocycles. The van der Waals surface area contributed by atoms with E-state index in [1.807, 2.05) is 11.6 Å². The van der Waals surface area contributed by atoms with Gasteiger partial charge in [-0.3, -0.25) is 0 Å². The first-order chi connectivity index (χ1) is 9.44. The molecule has 0 aliphatic carbocycles. The lowest BCUT2D eigenvalue weighted by Crippen LogP contribution is -2.35. The van der Waals surface area contributed by atoms with E-state index in [2.05, 4.69) is 17.0 Å². The third-order valence-corrected chi connectivity index (χ3v) is 4.42. The smallest absolute Gasteiger partial charge is 0.242 e. The van der Waals surface area contributed by atoms with E-state index >= 15 is 0 Å². The number of hydrogen-bond donors (Lipinski definition) is 2. The molecule has 0 saturated heterocycles. The Kier molecular flexibility index (Phi) is 6.67. The Morgan fingerprint density at radius 3 is 2.70 bits per heavy atom. The SMILES string of the molecule is CCCn1cc(S(=O)(=O)NC(C)COC)cc1CNC. The predicted molar refractivity (Wildman–Crippen MR) is 79.1 cm³/mol. The number of aromatic nitrogens is 1. The summed E-state index contributed by atoms with van der Waals surface area (Å²) in [4.78, 5) is 0.305. The molecule has 0 fully saturated rings. The van der Waals surface area contributed by atoms with Crippen LogP contribution < -0.4 is 10.0 Å². The summed E-state index contributed by atoms with van der Waals surface area (Å²) >= 11 is 0. The zero-order valence-corrected chi connectivity index (χ0v) is 13.5. The molecule has 6 nitrogen and oxygen atoms in total. The van der Waals surface area contributed by atoms with E-state index in [4.69, 9.17) is 4.74 Å². The summed E-state index contributed by atoms with van der Waals surface area (Å²) < 4.78 is 34.1. The van der Waals surface area contributed by atoms with Crippen LogP contribution in [0.2, 0.25) is 0 Å². The largest absolute Gasteiger partial charge is 0.383 e. The molecule has 0 radical (unpaired) electrons. The molecule has 7 heteroatoms. The summed E-state index contributed by atoms with van der Waals surface area (Å²) in [6.07, 6.45) is 2.65. The van der Waals surface area contributed by atoms with E-state index in [0.29, 0.717) is 18.0 Å². The number of nitrogens with zero attached hydrogens (tertiary/aromatic N) is 1. The van der Waals surface area contributed by atoms with Gasteiger partial charge in [-0.25, -0.2) is 13.1 Å². The third kappa shape index (κ3) is 4.59. The van der Waals surface area contributed by atoms with Gasteiger partial charge in [0.2, 0.25) is 10.0 Å². The maximum atomic E-state index is 12.3. The highest BCUT2D eigenvalue weighted by molar-refractivity contribution is 7.89. The average molecular weight is 303 g/mol. The summed E-state index contributed by atoms with van der Waals surface area (Å²) in [5.41, 5.74) is 0.967. The third-order valence-electron chi connectivity index (χ3n) is 2.87. The molecular formula is C13H25N3O3S. The molecule has 20 heavy (non-hydrogen) atoms. The van der Waals surface area contributed by atoms with Crippen LogP contribution in [0.4, 0.5) is 0 Å². The van der Waals surface area contributed by atoms with Gasteiger partial charge in [0.05, 0.1) is 11.5 Å². The van der Waals surface area contributed by atoms with Crippen LogP contribution in [0.15, 0.2) is 17.2 Å². The minimum absolute atomic E-state index is 0.257. The maximum absolute atomic E-state index is 12.3. The fourth-order valence-electron chi connectivity index (χ4n) is 2.07. The van der Waals surface area contributed by atoms with Gasteiger partial charge in [-0.15, -0.1) is 0 Å². The highest BCUT2D eigenvalue weighted by Gasteiger charge is 2.20. The molecule has 0 aromatic carbocycles. The van der Waals surface area contributed by atoms with Crippen LogP contribution in [0.3, 0.4) is 0 Å². The molecule has 0 aliphatic rings. The van der Waals surface area contributed by atoms with Crippen LogP contribution in [0.5, 0.6) is 0 Å². The Morgan fingerprint density at radius 2 is 2.15 bits per heavy atom. The van der Waals surface area contributed by atoms with Gasteiger partial charge < -0.3 is 14.6 Å². The number of ether oxygens (including phenoxy) is 1. The van der Waals surface area contributed by atoms with Gasteiger partial charge in [-0.2, -0.15) is 0 Å². The normalized spacial score (nSPS) is 13.6. The maximum Gasteiger partial charge on any atom is 0.242 e. The molecule has 1 heterocycles. The summed E-state index contributed by atoms with van der Waals surface area (Å²) in [6.45, 7) is 5.64. The number of hydrogen-bond acceptors (Lipinski definition) is 4. The molecule has 2 N–H and O–H groups in total. The van der Waals surface area contributed by atoms with Crippen molar-refractivity contribution in [2.75, 3.05) is 20.8 Å². The molecule has 1 aromatic heterocycles. The average Bonchev–Trinajstić information content (AvgIpc) is 2.74. The second-order valence-electron chi connectivity index (χ2n) is 4.87. The Hall–Kier alpha value is -0.890. The fourth-order valence-corrected chi connectivity index (χ4v) is 3.36. The Labute approximate surface area is 121 Å². The fraction of sp³-hybridized carbons (Fsp3) is 0.692. The van der Waals surface area contributed by atoms with Crippen molar-refractivity contribution >= 4 is 10.0 Å². The number of sulfonamides is 1. The second kappa shape index (κ2) is 7.78. The van der Waals surface area contributed by atoms with Crippen LogP contribution in [0, 0.1) is 0 Å². The minimum atomic E-state index is -3.50. The summed E-state index contributed by atoms with van der Waals surface area (Å²) in [5, 5.41) is 3.05. The van der Waals surface area contributed by atoms with Crippen molar-refractivity contribution in [1.29, 1.82) is 0 Å². The van der Waals surface area contributed by atoms with Gasteiger partial charge in [0.1, 0.15) is 0 Å². The molecular weight excluding hydrogens is 278 g/mol. The van der Waals surface area contributed by atoms with Crippen LogP contribution >= 0.6 is 0 Å². The van der Waals surface area contributed by atoms with E-state index < -0.39 is 10.0 Å². The van der Waals surface area contributed by atoms with Crippen molar-refractivity contribution in [2.24, 2.45) is 0 Å². The van der Waals surface area contributed by atoms with Crippen molar-refractivity contribution in [3.63, 3.8) is 0 Å². The summed E-state index contributed by atoms with van der Waals surface area (Å²) in [5.74, 6) is 0. The Bertz CT molecular complexity index is 487. The monoisotopic (exact) mass is 303 g/mol. The van der Waals surface area contributed by atoms with E-state index in [0.717, 1.165) is 18.7 Å². The van der Waals surface area contributed by atoms with Crippen molar-refractivity contribution < 1.29 is 13.2 Å². The van der Waals surface area contributed by atoms with Crippen molar-refractivity contribution in [1.82, 2.24) is 14.6 Å². The van der Waals surface area contributed by atoms with Crippen LogP contribution in [0.1, 0.15) is 26.0 Å². The lowest BCUT2D eigenvalue weighted by atomic mass is 10.4. The van der Waals surface area contributed by atoms with Gasteiger partial charge in [-0.05, 0) is 26.5 Å². The summed E-state index contributed by atoms with van der Waals surface area (Å²) in [6, 6.07) is 1.46. The van der Waals surface area contributed by atoms with Crippen molar-refractivity contribution in [3.05, 3.63) is 18.0 Å². The van der Waals surface area contributed by atoms with Gasteiger partial charge in [0.25, 0.3) is 0 Å². The highest BCUT2D eigenvalue weighted by atomic mass is 32.2. The van der Waals surface area contributed by atoms with Gasteiger partial charge in [0, 0.05) is 38.1 Å². The highest BCUT2D eigenvalue weighted by Crippen LogP contribution is 2.15. The minimum Gasteiger partial charge on any atom is -0.383 e. The summed E-state index contributed by atoms with van der Waals surface area (Å²) in [7, 11) is -0.106. The topological polar surface area (TPSA) is 72.4 Å². The molecule has 116 valence electrons. The quantitative estimate of drug-likeness (QED) is 0.712. The molecule has 0 bridgehead atoms. The second-order valence-corrected chi connectivity index (χ2v) is 6.58. The molecule has 0 aliphatic heterocycles. The van der Waals surface area contributed by atoms with E-state index in [1.165, 1.54) is 0 Å². The number of aryl methyl sites for hydroxylation is 1. The number of methoxy groups -OCH3 is 1. The van der Waals surface area contributed by atoms with Crippen molar-refractivity contribution in [3.8, 4) is 0 Å². The Balaban J connectivity index is 2.96. The standard InChI is InChI=1S/C13H25N3O3S/c1-5-6-16-9-13(7-12(16)8-14-3)20(17,18)15-11(2)10-19-4/h7,9,11,14-15H,5-6,8,10H2,1-4H3. The Morgan fingerprint density at radius 1 is 1.45 bits per heavy atom. The molecule has 1 aromatic rings. The van der Waals surface area contributed by atoms with Crippen molar-refractivity contribution in [2.45, 2.75) is 44.3 Å². The first-order valence-corrected chi connectivity index (χ1v) is 8.27. The molecule has 1 atom stereocenters. The molecule has 1 rings (SSSR count). The van der Waals surface area contributed by atoms with Crippen LogP contribution in [-0.2, 0) is 27.8 Å². The lowest BCUT2D eigenvalue weighted by Gasteiger charge is -2.12. The van der Waals surface area contributed by atoms with Gasteiger partial charge >= 0.3 is 0 Å². The van der Waals surface area contributed by atoms with E-state index in [1.54, 1.807) is 26.3 Å². The molecule has 0 spiro atoms.